The number of hydrogen-bond donors (Lipinski definition) is 1. The van der Waals surface area contributed by atoms with Crippen molar-refractivity contribution < 1.29 is 49.0 Å². The Balaban J connectivity index is 1.64. The monoisotopic (exact) mass is 547 g/mol. The molecular weight excluding hydrogens is 532 g/mol. The maximum absolute atomic E-state index is 14.4. The van der Waals surface area contributed by atoms with Crippen molar-refractivity contribution in [3.05, 3.63) is 52.2 Å². The average Bonchev–Trinajstić information content (AvgIpc) is 2.71. The molecule has 1 amide bonds. The average molecular weight is 548 g/mol. The first-order valence-corrected chi connectivity index (χ1v) is 11.5. The number of pyridine rings is 1. The number of halogens is 7. The topological polar surface area (TPSA) is 97.8 Å². The molecule has 0 spiro atoms. The van der Waals surface area contributed by atoms with Gasteiger partial charge in [-0.15, -0.1) is 0 Å². The number of alkyl halides is 4. The summed E-state index contributed by atoms with van der Waals surface area (Å²) in [5.41, 5.74) is -1.21. The van der Waals surface area contributed by atoms with Crippen molar-refractivity contribution >= 4 is 27.7 Å². The van der Waals surface area contributed by atoms with E-state index in [9.17, 15) is 39.6 Å². The van der Waals surface area contributed by atoms with E-state index in [0.717, 1.165) is 16.6 Å². The van der Waals surface area contributed by atoms with Crippen molar-refractivity contribution in [3.63, 3.8) is 0 Å². The summed E-state index contributed by atoms with van der Waals surface area (Å²) in [6.07, 6.45) is -2.43. The molecule has 0 bridgehead atoms. The predicted molar refractivity (Wildman–Crippen MR) is 109 cm³/mol. The number of carbonyl (C=O) groups is 1. The second kappa shape index (κ2) is 10.5. The molecule has 2 heterocycles. The van der Waals surface area contributed by atoms with E-state index in [1.807, 2.05) is 0 Å². The summed E-state index contributed by atoms with van der Waals surface area (Å²) in [5, 5.41) is -0.380. The maximum atomic E-state index is 14.4. The summed E-state index contributed by atoms with van der Waals surface area (Å²) in [4.78, 5) is 15.7. The molecular formula is C19H16ClF6N3O5S. The third-order valence-corrected chi connectivity index (χ3v) is 6.41. The molecule has 16 heteroatoms. The zero-order chi connectivity index (χ0) is 26.0. The number of hydrogen-bond acceptors (Lipinski definition) is 6. The largest absolute Gasteiger partial charge is 0.487 e. The summed E-state index contributed by atoms with van der Waals surface area (Å²) >= 11 is 5.79. The Hall–Kier alpha value is -2.78. The van der Waals surface area contributed by atoms with Crippen molar-refractivity contribution in [2.24, 2.45) is 0 Å². The van der Waals surface area contributed by atoms with Gasteiger partial charge >= 0.3 is 22.6 Å². The van der Waals surface area contributed by atoms with Gasteiger partial charge in [0.25, 0.3) is 5.91 Å². The van der Waals surface area contributed by atoms with Gasteiger partial charge < -0.3 is 9.47 Å². The molecule has 0 saturated carbocycles. The number of ether oxygens (including phenoxy) is 2. The van der Waals surface area contributed by atoms with E-state index >= 15 is 0 Å². The molecule has 1 aromatic carbocycles. The lowest BCUT2D eigenvalue weighted by Gasteiger charge is -2.29. The minimum atomic E-state index is -4.43. The van der Waals surface area contributed by atoms with E-state index in [2.05, 4.69) is 9.72 Å². The molecule has 8 nitrogen and oxygen atoms in total. The van der Waals surface area contributed by atoms with Gasteiger partial charge in [-0.1, -0.05) is 11.6 Å². The highest BCUT2D eigenvalue weighted by molar-refractivity contribution is 7.87. The van der Waals surface area contributed by atoms with Crippen LogP contribution in [0.2, 0.25) is 5.02 Å². The SMILES string of the molecule is O=C(NS(=O)(=O)N1CCC1)c1cc(F)c(COc2cnc(OCC(F)(F)C(F)F)c(Cl)c2)cc1F. The Morgan fingerprint density at radius 3 is 2.43 bits per heavy atom. The van der Waals surface area contributed by atoms with Gasteiger partial charge in [-0.2, -0.15) is 21.5 Å². The van der Waals surface area contributed by atoms with Crippen LogP contribution in [0.3, 0.4) is 0 Å². The Labute approximate surface area is 200 Å². The van der Waals surface area contributed by atoms with Crippen LogP contribution in [0.1, 0.15) is 22.3 Å². The summed E-state index contributed by atoms with van der Waals surface area (Å²) < 4.78 is 115. The van der Waals surface area contributed by atoms with E-state index in [1.165, 1.54) is 0 Å². The van der Waals surface area contributed by atoms with Crippen molar-refractivity contribution in [1.82, 2.24) is 14.0 Å². The number of aromatic nitrogens is 1. The lowest BCUT2D eigenvalue weighted by molar-refractivity contribution is -0.148. The van der Waals surface area contributed by atoms with E-state index in [4.69, 9.17) is 16.3 Å². The standard InChI is InChI=1S/C19H16ClF6N3O5S/c20-13-5-11(7-27-17(13)34-9-19(25,26)18(23)24)33-8-10-4-15(22)12(6-14(10)21)16(30)28-35(31,32)29-2-1-3-29/h4-7,18H,1-3,8-9H2,(H,28,30). The fourth-order valence-electron chi connectivity index (χ4n) is 2.62. The summed E-state index contributed by atoms with van der Waals surface area (Å²) in [5.74, 6) is -8.81. The van der Waals surface area contributed by atoms with E-state index in [-0.39, 0.29) is 29.4 Å². The molecule has 0 atom stereocenters. The second-order valence-electron chi connectivity index (χ2n) is 7.21. The minimum absolute atomic E-state index is 0.134. The second-order valence-corrected chi connectivity index (χ2v) is 9.29. The lowest BCUT2D eigenvalue weighted by atomic mass is 10.1. The highest BCUT2D eigenvalue weighted by Gasteiger charge is 2.42. The third-order valence-electron chi connectivity index (χ3n) is 4.65. The maximum Gasteiger partial charge on any atom is 0.340 e. The molecule has 2 aromatic rings. The molecule has 1 aromatic heterocycles. The van der Waals surface area contributed by atoms with Crippen LogP contribution >= 0.6 is 11.6 Å². The zero-order valence-corrected chi connectivity index (χ0v) is 19.0. The highest BCUT2D eigenvalue weighted by atomic mass is 35.5. The first-order valence-electron chi connectivity index (χ1n) is 9.67. The van der Waals surface area contributed by atoms with Crippen molar-refractivity contribution in [3.8, 4) is 11.6 Å². The Morgan fingerprint density at radius 1 is 1.17 bits per heavy atom. The number of nitrogens with zero attached hydrogens (tertiary/aromatic N) is 2. The number of amides is 1. The molecule has 1 saturated heterocycles. The molecule has 1 aliphatic heterocycles. The summed E-state index contributed by atoms with van der Waals surface area (Å²) in [6.45, 7) is -1.88. The van der Waals surface area contributed by atoms with Crippen molar-refractivity contribution in [2.75, 3.05) is 19.7 Å². The van der Waals surface area contributed by atoms with Crippen LogP contribution in [0.5, 0.6) is 11.6 Å². The van der Waals surface area contributed by atoms with Crippen LogP contribution in [-0.4, -0.2) is 55.7 Å². The van der Waals surface area contributed by atoms with Crippen LogP contribution in [0, 0.1) is 11.6 Å². The number of carbonyl (C=O) groups excluding carboxylic acids is 1. The predicted octanol–water partition coefficient (Wildman–Crippen LogP) is 3.55. The number of rotatable bonds is 10. The molecule has 1 fully saturated rings. The molecule has 35 heavy (non-hydrogen) atoms. The first kappa shape index (κ1) is 26.8. The minimum Gasteiger partial charge on any atom is -0.487 e. The van der Waals surface area contributed by atoms with Gasteiger partial charge in [0, 0.05) is 24.7 Å². The third kappa shape index (κ3) is 6.46. The molecule has 1 N–H and O–H groups in total. The van der Waals surface area contributed by atoms with Crippen LogP contribution in [0.15, 0.2) is 24.4 Å². The van der Waals surface area contributed by atoms with Gasteiger partial charge in [-0.05, 0) is 18.6 Å². The first-order chi connectivity index (χ1) is 16.3. The quantitative estimate of drug-likeness (QED) is 0.457. The van der Waals surface area contributed by atoms with Crippen LogP contribution in [0.25, 0.3) is 0 Å². The number of nitrogens with one attached hydrogen (secondary N) is 1. The molecule has 0 radical (unpaired) electrons. The van der Waals surface area contributed by atoms with E-state index < -0.39 is 64.8 Å². The van der Waals surface area contributed by atoms with Crippen molar-refractivity contribution in [1.29, 1.82) is 0 Å². The normalized spacial score (nSPS) is 14.5. The van der Waals surface area contributed by atoms with Crippen LogP contribution in [-0.2, 0) is 16.8 Å². The molecule has 1 aliphatic rings. The fraction of sp³-hybridized carbons (Fsp3) is 0.368. The van der Waals surface area contributed by atoms with Gasteiger partial charge in [0.15, 0.2) is 6.61 Å². The zero-order valence-electron chi connectivity index (χ0n) is 17.4. The molecule has 3 rings (SSSR count). The summed E-state index contributed by atoms with van der Waals surface area (Å²) in [7, 11) is -4.17. The van der Waals surface area contributed by atoms with Crippen LogP contribution < -0.4 is 14.2 Å². The highest BCUT2D eigenvalue weighted by Crippen LogP contribution is 2.30. The van der Waals surface area contributed by atoms with E-state index in [0.29, 0.717) is 18.6 Å². The summed E-state index contributed by atoms with van der Waals surface area (Å²) in [6, 6.07) is 2.14. The van der Waals surface area contributed by atoms with E-state index in [1.54, 1.807) is 4.72 Å². The van der Waals surface area contributed by atoms with Crippen molar-refractivity contribution in [2.45, 2.75) is 25.4 Å². The van der Waals surface area contributed by atoms with Gasteiger partial charge in [-0.3, -0.25) is 4.79 Å². The van der Waals surface area contributed by atoms with Crippen LogP contribution in [0.4, 0.5) is 26.3 Å². The van der Waals surface area contributed by atoms with Gasteiger partial charge in [-0.25, -0.2) is 27.3 Å². The number of benzene rings is 1. The lowest BCUT2D eigenvalue weighted by Crippen LogP contribution is -2.49. The fourth-order valence-corrected chi connectivity index (χ4v) is 4.04. The molecule has 192 valence electrons. The van der Waals surface area contributed by atoms with Gasteiger partial charge in [0.05, 0.1) is 11.8 Å². The Bertz CT molecular complexity index is 1210. The Kier molecular flexibility index (Phi) is 8.01. The smallest absolute Gasteiger partial charge is 0.340 e. The van der Waals surface area contributed by atoms with Gasteiger partial charge in [0.2, 0.25) is 5.88 Å². The molecule has 0 aliphatic carbocycles. The van der Waals surface area contributed by atoms with Gasteiger partial charge in [0.1, 0.15) is 29.0 Å². The molecule has 0 unspecified atom stereocenters. The Morgan fingerprint density at radius 2 is 1.86 bits per heavy atom.